The molecule has 0 bridgehead atoms. The van der Waals surface area contributed by atoms with Gasteiger partial charge in [0.2, 0.25) is 5.89 Å². The van der Waals surface area contributed by atoms with Crippen molar-refractivity contribution in [1.82, 2.24) is 10.1 Å². The summed E-state index contributed by atoms with van der Waals surface area (Å²) in [7, 11) is -3.03. The van der Waals surface area contributed by atoms with Crippen LogP contribution in [-0.4, -0.2) is 46.8 Å². The van der Waals surface area contributed by atoms with E-state index in [0.717, 1.165) is 5.75 Å². The minimum Gasteiger partial charge on any atom is -0.338 e. The highest BCUT2D eigenvalue weighted by Gasteiger charge is 2.30. The normalized spacial score (nSPS) is 28.5. The minimum atomic E-state index is -3.03. The molecule has 6 nitrogen and oxygen atoms in total. The zero-order chi connectivity index (χ0) is 15.6. The molecule has 2 N–H and O–H groups in total. The van der Waals surface area contributed by atoms with Gasteiger partial charge in [-0.15, -0.1) is 11.8 Å². The van der Waals surface area contributed by atoms with E-state index in [1.54, 1.807) is 0 Å². The molecule has 0 amide bonds. The number of hydrogen-bond acceptors (Lipinski definition) is 8. The number of nitrogens with two attached hydrogens (primary N) is 1. The Bertz CT molecular complexity index is 575. The van der Waals surface area contributed by atoms with Crippen molar-refractivity contribution in [3.8, 4) is 0 Å². The summed E-state index contributed by atoms with van der Waals surface area (Å²) in [4.78, 5) is 4.36. The van der Waals surface area contributed by atoms with E-state index in [4.69, 9.17) is 10.3 Å². The van der Waals surface area contributed by atoms with Crippen molar-refractivity contribution < 1.29 is 12.9 Å². The van der Waals surface area contributed by atoms with Gasteiger partial charge in [0.25, 0.3) is 0 Å². The van der Waals surface area contributed by atoms with E-state index in [9.17, 15) is 8.42 Å². The van der Waals surface area contributed by atoms with Gasteiger partial charge < -0.3 is 10.3 Å². The van der Waals surface area contributed by atoms with Crippen LogP contribution in [0.5, 0.6) is 0 Å². The summed E-state index contributed by atoms with van der Waals surface area (Å²) < 4.78 is 27.5. The highest BCUT2D eigenvalue weighted by Crippen LogP contribution is 2.43. The lowest BCUT2D eigenvalue weighted by Crippen LogP contribution is -2.22. The van der Waals surface area contributed by atoms with Gasteiger partial charge in [0.1, 0.15) is 9.84 Å². The van der Waals surface area contributed by atoms with Gasteiger partial charge in [0.15, 0.2) is 5.82 Å². The van der Waals surface area contributed by atoms with E-state index in [-0.39, 0.29) is 11.0 Å². The molecule has 2 heterocycles. The Kier molecular flexibility index (Phi) is 5.61. The zero-order valence-corrected chi connectivity index (χ0v) is 14.8. The topological polar surface area (TPSA) is 99.1 Å². The number of aromatic nitrogens is 2. The molecule has 1 fully saturated rings. The molecule has 1 saturated heterocycles. The van der Waals surface area contributed by atoms with Gasteiger partial charge in [-0.25, -0.2) is 8.42 Å². The van der Waals surface area contributed by atoms with Gasteiger partial charge >= 0.3 is 0 Å². The van der Waals surface area contributed by atoms with Crippen molar-refractivity contribution in [2.45, 2.75) is 42.1 Å². The van der Waals surface area contributed by atoms with Crippen LogP contribution in [0.15, 0.2) is 4.52 Å². The molecule has 0 aromatic carbocycles. The fourth-order valence-corrected chi connectivity index (χ4v) is 5.43. The van der Waals surface area contributed by atoms with Gasteiger partial charge in [-0.3, -0.25) is 0 Å². The predicted molar refractivity (Wildman–Crippen MR) is 87.3 cm³/mol. The lowest BCUT2D eigenvalue weighted by atomic mass is 10.2. The molecule has 120 valence electrons. The molecule has 0 radical (unpaired) electrons. The lowest BCUT2D eigenvalue weighted by Gasteiger charge is -2.29. The smallest absolute Gasteiger partial charge is 0.243 e. The number of nitrogens with zero attached hydrogens (tertiary/aromatic N) is 2. The van der Waals surface area contributed by atoms with Crippen LogP contribution in [-0.2, 0) is 9.84 Å². The molecule has 1 aromatic heterocycles. The molecule has 1 aliphatic rings. The number of rotatable bonds is 5. The quantitative estimate of drug-likeness (QED) is 0.857. The molecule has 1 aliphatic heterocycles. The Hall–Kier alpha value is -0.250. The van der Waals surface area contributed by atoms with Crippen LogP contribution >= 0.6 is 23.5 Å². The first-order valence-electron chi connectivity index (χ1n) is 6.80. The summed E-state index contributed by atoms with van der Waals surface area (Å²) in [6.45, 7) is 4.43. The van der Waals surface area contributed by atoms with Gasteiger partial charge in [-0.2, -0.15) is 16.7 Å². The van der Waals surface area contributed by atoms with Gasteiger partial charge in [0, 0.05) is 22.5 Å². The third kappa shape index (κ3) is 4.87. The molecule has 0 spiro atoms. The fourth-order valence-electron chi connectivity index (χ4n) is 1.91. The molecule has 1 aromatic rings. The Morgan fingerprint density at radius 3 is 2.76 bits per heavy atom. The fraction of sp³-hybridized carbons (Fsp3) is 0.833. The Morgan fingerprint density at radius 2 is 2.14 bits per heavy atom. The van der Waals surface area contributed by atoms with E-state index in [2.05, 4.69) is 24.0 Å². The van der Waals surface area contributed by atoms with E-state index in [0.29, 0.717) is 28.6 Å². The zero-order valence-electron chi connectivity index (χ0n) is 12.4. The number of thioether (sulfide) groups is 2. The molecule has 4 atom stereocenters. The molecule has 0 aliphatic carbocycles. The van der Waals surface area contributed by atoms with Crippen molar-refractivity contribution in [3.63, 3.8) is 0 Å². The summed E-state index contributed by atoms with van der Waals surface area (Å²) in [5.74, 6) is 1.96. The van der Waals surface area contributed by atoms with Crippen LogP contribution in [0.4, 0.5) is 0 Å². The lowest BCUT2D eigenvalue weighted by molar-refractivity contribution is 0.348. The predicted octanol–water partition coefficient (Wildman–Crippen LogP) is 1.80. The highest BCUT2D eigenvalue weighted by atomic mass is 32.2. The number of hydrogen-bond donors (Lipinski definition) is 1. The van der Waals surface area contributed by atoms with Crippen molar-refractivity contribution in [2.24, 2.45) is 5.73 Å². The van der Waals surface area contributed by atoms with Crippen LogP contribution in [0.3, 0.4) is 0 Å². The summed E-state index contributed by atoms with van der Waals surface area (Å²) in [5.41, 5.74) is 5.92. The van der Waals surface area contributed by atoms with Crippen LogP contribution in [0.25, 0.3) is 0 Å². The Labute approximate surface area is 133 Å². The summed E-state index contributed by atoms with van der Waals surface area (Å²) in [5, 5.41) is 5.38. The van der Waals surface area contributed by atoms with Crippen LogP contribution < -0.4 is 5.73 Å². The van der Waals surface area contributed by atoms with Crippen molar-refractivity contribution >= 4 is 33.4 Å². The van der Waals surface area contributed by atoms with Crippen LogP contribution in [0.1, 0.15) is 43.3 Å². The summed E-state index contributed by atoms with van der Waals surface area (Å²) >= 11 is 3.75. The molecule has 4 unspecified atom stereocenters. The molecule has 9 heteroatoms. The van der Waals surface area contributed by atoms with Crippen molar-refractivity contribution in [1.29, 1.82) is 0 Å². The second-order valence-corrected chi connectivity index (χ2v) is 10.6. The first-order valence-corrected chi connectivity index (χ1v) is 10.9. The maximum atomic E-state index is 11.2. The highest BCUT2D eigenvalue weighted by molar-refractivity contribution is 8.07. The molecule has 21 heavy (non-hydrogen) atoms. The molecule has 0 saturated carbocycles. The second-order valence-electron chi connectivity index (χ2n) is 5.38. The first kappa shape index (κ1) is 17.1. The van der Waals surface area contributed by atoms with Gasteiger partial charge in [-0.1, -0.05) is 19.0 Å². The summed E-state index contributed by atoms with van der Waals surface area (Å²) in [6, 6.07) is -0.529. The Balaban J connectivity index is 1.98. The van der Waals surface area contributed by atoms with Gasteiger partial charge in [-0.05, 0) is 6.42 Å². The van der Waals surface area contributed by atoms with E-state index in [1.807, 2.05) is 23.5 Å². The first-order chi connectivity index (χ1) is 9.76. The summed E-state index contributed by atoms with van der Waals surface area (Å²) in [6.07, 6.45) is 1.48. The van der Waals surface area contributed by atoms with Crippen molar-refractivity contribution in [2.75, 3.05) is 17.8 Å². The maximum Gasteiger partial charge on any atom is 0.243 e. The molecule has 2 rings (SSSR count). The van der Waals surface area contributed by atoms with Gasteiger partial charge in [0.05, 0.1) is 17.0 Å². The largest absolute Gasteiger partial charge is 0.338 e. The second kappa shape index (κ2) is 6.89. The monoisotopic (exact) mass is 351 g/mol. The standard InChI is InChI=1S/C12H21N3O3S3/c1-7-8(2)20-10(6-19-7)11-14-12(18-15-11)9(13)4-5-21(3,16)17/h7-10H,4-6,13H2,1-3H3. The Morgan fingerprint density at radius 1 is 1.43 bits per heavy atom. The van der Waals surface area contributed by atoms with E-state index >= 15 is 0 Å². The van der Waals surface area contributed by atoms with Crippen molar-refractivity contribution in [3.05, 3.63) is 11.7 Å². The minimum absolute atomic E-state index is 0.0223. The number of sulfone groups is 1. The maximum absolute atomic E-state index is 11.2. The van der Waals surface area contributed by atoms with Crippen LogP contribution in [0.2, 0.25) is 0 Å². The average molecular weight is 352 g/mol. The van der Waals surface area contributed by atoms with E-state index in [1.165, 1.54) is 6.26 Å². The SMILES string of the molecule is CC1SCC(c2noc(C(N)CCS(C)(=O)=O)n2)SC1C. The van der Waals surface area contributed by atoms with E-state index < -0.39 is 15.9 Å². The van der Waals surface area contributed by atoms with Crippen LogP contribution in [0, 0.1) is 0 Å². The third-order valence-corrected chi connectivity index (χ3v) is 7.78. The molecular formula is C12H21N3O3S3. The third-order valence-electron chi connectivity index (χ3n) is 3.41. The average Bonchev–Trinajstić information content (AvgIpc) is 2.88. The molecular weight excluding hydrogens is 330 g/mol.